The van der Waals surface area contributed by atoms with Crippen molar-refractivity contribution in [3.63, 3.8) is 0 Å². The molecule has 1 heterocycles. The highest BCUT2D eigenvalue weighted by molar-refractivity contribution is 7.86. The lowest BCUT2D eigenvalue weighted by Gasteiger charge is -2.39. The van der Waals surface area contributed by atoms with Gasteiger partial charge in [-0.25, -0.2) is 4.39 Å². The van der Waals surface area contributed by atoms with Crippen LogP contribution < -0.4 is 0 Å². The van der Waals surface area contributed by atoms with E-state index in [0.29, 0.717) is 25.1 Å². The van der Waals surface area contributed by atoms with Gasteiger partial charge in [0.15, 0.2) is 0 Å². The zero-order valence-electron chi connectivity index (χ0n) is 16.9. The highest BCUT2D eigenvalue weighted by atomic mass is 32.2. The fraction of sp³-hybridized carbons (Fsp3) is 0.250. The lowest BCUT2D eigenvalue weighted by atomic mass is 10.0. The number of rotatable bonds is 5. The maximum absolute atomic E-state index is 14.9. The van der Waals surface area contributed by atoms with E-state index in [1.807, 2.05) is 73.7 Å². The summed E-state index contributed by atoms with van der Waals surface area (Å²) in [4.78, 5) is 0. The molecular weight excluding hydrogens is 399 g/mol. The van der Waals surface area contributed by atoms with Crippen LogP contribution in [0.2, 0.25) is 0 Å². The van der Waals surface area contributed by atoms with E-state index in [9.17, 15) is 12.8 Å². The van der Waals surface area contributed by atoms with Crippen molar-refractivity contribution in [1.29, 1.82) is 0 Å². The molecule has 1 saturated heterocycles. The van der Waals surface area contributed by atoms with Crippen LogP contribution in [0.15, 0.2) is 78.9 Å². The summed E-state index contributed by atoms with van der Waals surface area (Å²) in [5, 5.41) is 0. The Morgan fingerprint density at radius 1 is 0.900 bits per heavy atom. The molecule has 0 aliphatic carbocycles. The molecule has 0 radical (unpaired) electrons. The second-order valence-electron chi connectivity index (χ2n) is 7.68. The fourth-order valence-corrected chi connectivity index (χ4v) is 5.61. The molecule has 1 aliphatic heterocycles. The summed E-state index contributed by atoms with van der Waals surface area (Å²) in [6.45, 7) is 2.69. The van der Waals surface area contributed by atoms with Gasteiger partial charge in [-0.2, -0.15) is 17.0 Å². The third-order valence-corrected chi connectivity index (χ3v) is 7.64. The Morgan fingerprint density at radius 2 is 1.57 bits per heavy atom. The van der Waals surface area contributed by atoms with Crippen molar-refractivity contribution >= 4 is 10.2 Å². The first kappa shape index (κ1) is 20.7. The standard InChI is InChI=1S/C24H25FN2O2S/c1-19-14-15-26(17-20-8-4-2-5-9-20)30(28,29)27(19)18-23-13-12-22(16-24(23)25)21-10-6-3-7-11-21/h2-13,16,19H,14-15,17-18H2,1H3. The Balaban J connectivity index is 1.56. The molecule has 0 spiro atoms. The molecule has 30 heavy (non-hydrogen) atoms. The van der Waals surface area contributed by atoms with Crippen molar-refractivity contribution in [2.45, 2.75) is 32.5 Å². The van der Waals surface area contributed by atoms with Gasteiger partial charge in [0.2, 0.25) is 0 Å². The largest absolute Gasteiger partial charge is 0.282 e. The maximum atomic E-state index is 14.9. The van der Waals surface area contributed by atoms with E-state index >= 15 is 0 Å². The third-order valence-electron chi connectivity index (χ3n) is 5.60. The van der Waals surface area contributed by atoms with Crippen LogP contribution in [0.3, 0.4) is 0 Å². The summed E-state index contributed by atoms with van der Waals surface area (Å²) in [6, 6.07) is 23.9. The molecule has 0 saturated carbocycles. The molecule has 0 bridgehead atoms. The van der Waals surface area contributed by atoms with Gasteiger partial charge in [-0.05, 0) is 36.1 Å². The smallest absolute Gasteiger partial charge is 0.207 e. The second kappa shape index (κ2) is 8.68. The van der Waals surface area contributed by atoms with Gasteiger partial charge < -0.3 is 0 Å². The Hall–Kier alpha value is -2.54. The van der Waals surface area contributed by atoms with Gasteiger partial charge in [0.25, 0.3) is 10.2 Å². The number of nitrogens with zero attached hydrogens (tertiary/aromatic N) is 2. The molecule has 3 aromatic carbocycles. The van der Waals surface area contributed by atoms with Crippen LogP contribution in [-0.4, -0.2) is 29.6 Å². The predicted molar refractivity (Wildman–Crippen MR) is 117 cm³/mol. The van der Waals surface area contributed by atoms with Gasteiger partial charge in [-0.1, -0.05) is 72.8 Å². The van der Waals surface area contributed by atoms with E-state index in [0.717, 1.165) is 16.7 Å². The molecule has 1 atom stereocenters. The minimum Gasteiger partial charge on any atom is -0.207 e. The molecule has 0 aromatic heterocycles. The molecule has 1 aliphatic rings. The Morgan fingerprint density at radius 3 is 2.23 bits per heavy atom. The monoisotopic (exact) mass is 424 g/mol. The van der Waals surface area contributed by atoms with Gasteiger partial charge in [-0.15, -0.1) is 0 Å². The molecule has 1 fully saturated rings. The van der Waals surface area contributed by atoms with Crippen molar-refractivity contribution in [3.8, 4) is 11.1 Å². The molecule has 156 valence electrons. The minimum absolute atomic E-state index is 0.0235. The average molecular weight is 425 g/mol. The summed E-state index contributed by atoms with van der Waals surface area (Å²) in [5.41, 5.74) is 3.02. The highest BCUT2D eigenvalue weighted by Crippen LogP contribution is 2.28. The molecule has 0 amide bonds. The quantitative estimate of drug-likeness (QED) is 0.588. The van der Waals surface area contributed by atoms with E-state index < -0.39 is 10.2 Å². The van der Waals surface area contributed by atoms with Crippen molar-refractivity contribution < 1.29 is 12.8 Å². The van der Waals surface area contributed by atoms with Crippen LogP contribution in [0.25, 0.3) is 11.1 Å². The second-order valence-corrected chi connectivity index (χ2v) is 9.56. The number of hydrogen-bond donors (Lipinski definition) is 0. The first-order valence-corrected chi connectivity index (χ1v) is 11.5. The minimum atomic E-state index is -3.69. The fourth-order valence-electron chi connectivity index (χ4n) is 3.80. The van der Waals surface area contributed by atoms with Crippen LogP contribution in [0.1, 0.15) is 24.5 Å². The summed E-state index contributed by atoms with van der Waals surface area (Å²) in [5.74, 6) is -0.390. The average Bonchev–Trinajstić information content (AvgIpc) is 2.75. The van der Waals surface area contributed by atoms with E-state index in [2.05, 4.69) is 0 Å². The van der Waals surface area contributed by atoms with Crippen LogP contribution in [-0.2, 0) is 23.3 Å². The Labute approximate surface area is 177 Å². The SMILES string of the molecule is CC1CCN(Cc2ccccc2)S(=O)(=O)N1Cc1ccc(-c2ccccc2)cc1F. The van der Waals surface area contributed by atoms with Crippen LogP contribution in [0, 0.1) is 5.82 Å². The summed E-state index contributed by atoms with van der Waals surface area (Å²) in [7, 11) is -3.69. The van der Waals surface area contributed by atoms with Crippen LogP contribution >= 0.6 is 0 Å². The van der Waals surface area contributed by atoms with Crippen molar-refractivity contribution in [1.82, 2.24) is 8.61 Å². The maximum Gasteiger partial charge on any atom is 0.282 e. The van der Waals surface area contributed by atoms with Gasteiger partial charge in [0.1, 0.15) is 5.82 Å². The van der Waals surface area contributed by atoms with Gasteiger partial charge in [-0.3, -0.25) is 0 Å². The predicted octanol–water partition coefficient (Wildman–Crippen LogP) is 4.83. The van der Waals surface area contributed by atoms with Crippen molar-refractivity contribution in [2.24, 2.45) is 0 Å². The van der Waals surface area contributed by atoms with E-state index in [-0.39, 0.29) is 18.4 Å². The highest BCUT2D eigenvalue weighted by Gasteiger charge is 2.38. The normalized spacial score (nSPS) is 19.6. The first-order chi connectivity index (χ1) is 14.4. The lowest BCUT2D eigenvalue weighted by Crippen LogP contribution is -2.52. The van der Waals surface area contributed by atoms with E-state index in [4.69, 9.17) is 0 Å². The van der Waals surface area contributed by atoms with Crippen LogP contribution in [0.5, 0.6) is 0 Å². The summed E-state index contributed by atoms with van der Waals surface area (Å²) >= 11 is 0. The topological polar surface area (TPSA) is 40.6 Å². The number of halogens is 1. The Bertz CT molecular complexity index is 1100. The summed E-state index contributed by atoms with van der Waals surface area (Å²) in [6.07, 6.45) is 0.704. The zero-order chi connectivity index (χ0) is 21.1. The molecule has 4 rings (SSSR count). The molecule has 0 N–H and O–H groups in total. The van der Waals surface area contributed by atoms with E-state index in [1.54, 1.807) is 6.07 Å². The number of benzene rings is 3. The molecule has 1 unspecified atom stereocenters. The van der Waals surface area contributed by atoms with Gasteiger partial charge >= 0.3 is 0 Å². The van der Waals surface area contributed by atoms with Gasteiger partial charge in [0, 0.05) is 31.2 Å². The molecule has 6 heteroatoms. The zero-order valence-corrected chi connectivity index (χ0v) is 17.7. The number of hydrogen-bond acceptors (Lipinski definition) is 2. The van der Waals surface area contributed by atoms with Crippen LogP contribution in [0.4, 0.5) is 4.39 Å². The molecule has 3 aromatic rings. The summed E-state index contributed by atoms with van der Waals surface area (Å²) < 4.78 is 44.3. The van der Waals surface area contributed by atoms with Gasteiger partial charge in [0.05, 0.1) is 0 Å². The first-order valence-electron chi connectivity index (χ1n) is 10.1. The van der Waals surface area contributed by atoms with Crippen molar-refractivity contribution in [3.05, 3.63) is 95.8 Å². The molecular formula is C24H25FN2O2S. The third kappa shape index (κ3) is 4.31. The molecule has 4 nitrogen and oxygen atoms in total. The Kier molecular flexibility index (Phi) is 5.99. The van der Waals surface area contributed by atoms with Crippen molar-refractivity contribution in [2.75, 3.05) is 6.54 Å². The lowest BCUT2D eigenvalue weighted by molar-refractivity contribution is 0.221. The van der Waals surface area contributed by atoms with E-state index in [1.165, 1.54) is 14.7 Å².